The Hall–Kier alpha value is -6.61. The van der Waals surface area contributed by atoms with E-state index in [0.717, 1.165) is 10.5 Å². The van der Waals surface area contributed by atoms with Crippen LogP contribution in [0.25, 0.3) is 0 Å². The van der Waals surface area contributed by atoms with Crippen molar-refractivity contribution >= 4 is 63.1 Å². The van der Waals surface area contributed by atoms with E-state index in [9.17, 15) is 46.8 Å². The molecule has 1 heterocycles. The molecule has 0 radical (unpaired) electrons. The number of nitrogens with zero attached hydrogens (tertiary/aromatic N) is 2. The summed E-state index contributed by atoms with van der Waals surface area (Å²) in [6.07, 6.45) is 6.69. The minimum absolute atomic E-state index is 0.0737. The number of nitrogens with two attached hydrogens (primary N) is 1. The van der Waals surface area contributed by atoms with Crippen LogP contribution in [0.15, 0.2) is 78.4 Å². The van der Waals surface area contributed by atoms with Crippen LogP contribution < -0.4 is 42.4 Å². The van der Waals surface area contributed by atoms with Gasteiger partial charge in [-0.15, -0.1) is 0 Å². The Morgan fingerprint density at radius 2 is 1.39 bits per heavy atom. The Labute approximate surface area is 450 Å². The highest BCUT2D eigenvalue weighted by molar-refractivity contribution is 7.89. The Kier molecular flexibility index (Phi) is 24.3. The smallest absolute Gasteiger partial charge is 0.312 e. The number of primary amides is 1. The number of unbranched alkanes of at least 4 members (excludes halogenated alkanes) is 2. The summed E-state index contributed by atoms with van der Waals surface area (Å²) in [4.78, 5) is 106. The highest BCUT2D eigenvalue weighted by atomic mass is 32.2. The fourth-order valence-corrected chi connectivity index (χ4v) is 9.99. The number of benzene rings is 2. The number of carbonyl (C=O) groups excluding carboxylic acids is 8. The molecule has 9 amide bonds. The minimum Gasteiger partial charge on any atom is -0.383 e. The van der Waals surface area contributed by atoms with Gasteiger partial charge in [-0.2, -0.15) is 0 Å². The van der Waals surface area contributed by atoms with Crippen LogP contribution in [0.2, 0.25) is 0 Å². The fraction of sp³-hybridized carbons (Fsp3) is 0.564. The molecule has 21 heteroatoms. The zero-order valence-corrected chi connectivity index (χ0v) is 47.3. The zero-order chi connectivity index (χ0) is 57.1. The van der Waals surface area contributed by atoms with E-state index in [4.69, 9.17) is 5.73 Å². The molecule has 2 unspecified atom stereocenters. The van der Waals surface area contributed by atoms with Crippen LogP contribution in [-0.4, -0.2) is 130 Å². The number of carbonyl (C=O) groups is 8. The van der Waals surface area contributed by atoms with Crippen molar-refractivity contribution in [1.29, 1.82) is 0 Å². The van der Waals surface area contributed by atoms with E-state index in [-0.39, 0.29) is 73.0 Å². The van der Waals surface area contributed by atoms with Gasteiger partial charge in [0.1, 0.15) is 12.1 Å². The summed E-state index contributed by atoms with van der Waals surface area (Å²) < 4.78 is 28.9. The Morgan fingerprint density at radius 1 is 0.776 bits per heavy atom. The van der Waals surface area contributed by atoms with Gasteiger partial charge >= 0.3 is 6.03 Å². The Bertz CT molecular complexity index is 2490. The standard InChI is InChI=1S/C55H84N10O10S/c1-35(2)42(64(12)52(72)48(54(6,7)8)62-51(71)47(57-11)55(9,10)39-20-15-13-16-21-39)32-37(5)49(69)63-76(74,75)34-38-24-26-40(27-25-38)59-33-41(22-19-30-58-53(56)73)60-50(70)46(36(3)4)61-43(66)23-17-14-18-31-65-44(67)28-29-45(65)68/h13,15-16,20-21,24-29,32,35-36,41-42,46-48,57,59H,14,17-19,22-23,30-31,33-34H2,1-12H3,(H,60,70)(H,61,66)(H,62,71)(H,63,69)(H3,56,58,73)/b37-32+/t41-,42+,46?,47+,48?/m0/s1. The van der Waals surface area contributed by atoms with Crippen molar-refractivity contribution in [2.24, 2.45) is 23.0 Å². The van der Waals surface area contributed by atoms with E-state index >= 15 is 0 Å². The highest BCUT2D eigenvalue weighted by Gasteiger charge is 2.42. The molecule has 0 spiro atoms. The van der Waals surface area contributed by atoms with E-state index in [0.29, 0.717) is 43.4 Å². The second-order valence-electron chi connectivity index (χ2n) is 21.8. The van der Waals surface area contributed by atoms with Crippen molar-refractivity contribution in [3.63, 3.8) is 0 Å². The van der Waals surface area contributed by atoms with E-state index in [1.165, 1.54) is 24.0 Å². The Morgan fingerprint density at radius 3 is 1.95 bits per heavy atom. The van der Waals surface area contributed by atoms with Crippen LogP contribution in [0, 0.1) is 17.3 Å². The third-order valence-corrected chi connectivity index (χ3v) is 14.6. The second-order valence-corrected chi connectivity index (χ2v) is 23.5. The number of sulfonamides is 1. The number of hydrogen-bond acceptors (Lipinski definition) is 12. The molecule has 9 N–H and O–H groups in total. The Balaban J connectivity index is 1.64. The molecule has 20 nitrogen and oxygen atoms in total. The molecular weight excluding hydrogens is 993 g/mol. The van der Waals surface area contributed by atoms with Gasteiger partial charge in [-0.3, -0.25) is 38.5 Å². The molecule has 0 saturated heterocycles. The summed E-state index contributed by atoms with van der Waals surface area (Å²) in [5.74, 6) is -4.01. The van der Waals surface area contributed by atoms with Gasteiger partial charge in [0.2, 0.25) is 33.7 Å². The van der Waals surface area contributed by atoms with Crippen molar-refractivity contribution in [2.45, 2.75) is 149 Å². The number of hydrogen-bond donors (Lipinski definition) is 8. The van der Waals surface area contributed by atoms with Crippen LogP contribution in [0.5, 0.6) is 0 Å². The fourth-order valence-electron chi connectivity index (χ4n) is 8.84. The third-order valence-electron chi connectivity index (χ3n) is 13.4. The molecule has 2 aromatic rings. The van der Waals surface area contributed by atoms with Gasteiger partial charge in [-0.05, 0) is 80.2 Å². The van der Waals surface area contributed by atoms with E-state index < -0.39 is 74.7 Å². The molecule has 3 rings (SSSR count). The van der Waals surface area contributed by atoms with Crippen LogP contribution >= 0.6 is 0 Å². The quantitative estimate of drug-likeness (QED) is 0.0312. The molecule has 0 fully saturated rings. The summed E-state index contributed by atoms with van der Waals surface area (Å²) in [6, 6.07) is 11.8. The summed E-state index contributed by atoms with van der Waals surface area (Å²) in [6.45, 7) is 19.1. The normalized spacial score (nSPS) is 15.1. The van der Waals surface area contributed by atoms with E-state index in [1.807, 2.05) is 92.6 Å². The van der Waals surface area contributed by atoms with Crippen molar-refractivity contribution in [1.82, 2.24) is 41.1 Å². The van der Waals surface area contributed by atoms with Gasteiger partial charge in [0.25, 0.3) is 17.7 Å². The number of rotatable bonds is 30. The van der Waals surface area contributed by atoms with Crippen LogP contribution in [-0.2, 0) is 54.8 Å². The minimum atomic E-state index is -4.21. The first-order chi connectivity index (χ1) is 35.5. The average molecular weight is 1080 g/mol. The van der Waals surface area contributed by atoms with Gasteiger partial charge in [0.15, 0.2) is 0 Å². The maximum atomic E-state index is 14.4. The molecule has 1 aliphatic rings. The molecular formula is C55H84N10O10S. The van der Waals surface area contributed by atoms with Crippen molar-refractivity contribution in [3.8, 4) is 0 Å². The first kappa shape index (κ1) is 63.7. The molecule has 76 heavy (non-hydrogen) atoms. The molecule has 0 aliphatic carbocycles. The third kappa shape index (κ3) is 19.8. The SMILES string of the molecule is CN[C@H](C(=O)NC(C(=O)N(C)[C@H](/C=C(\C)C(=O)NS(=O)(=O)Cc1ccc(NC[C@H](CCCNC(N)=O)NC(=O)C(NC(=O)CCCCCN2C(=O)C=CC2=O)C(C)C)cc1)C(C)C)C(C)(C)C)C(C)(C)c1ccccc1. The number of anilines is 1. The lowest BCUT2D eigenvalue weighted by Gasteiger charge is -2.40. The monoisotopic (exact) mass is 1080 g/mol. The largest absolute Gasteiger partial charge is 0.383 e. The summed E-state index contributed by atoms with van der Waals surface area (Å²) in [7, 11) is -0.906. The number of imide groups is 1. The highest BCUT2D eigenvalue weighted by Crippen LogP contribution is 2.29. The lowest BCUT2D eigenvalue weighted by atomic mass is 9.76. The maximum Gasteiger partial charge on any atom is 0.312 e. The lowest BCUT2D eigenvalue weighted by Crippen LogP contribution is -2.61. The lowest BCUT2D eigenvalue weighted by molar-refractivity contribution is -0.141. The molecule has 0 saturated carbocycles. The average Bonchev–Trinajstić information content (AvgIpc) is 3.66. The molecule has 2 aromatic carbocycles. The van der Waals surface area contributed by atoms with Gasteiger partial charge in [0.05, 0.1) is 17.8 Å². The van der Waals surface area contributed by atoms with Crippen molar-refractivity contribution in [3.05, 3.63) is 89.5 Å². The molecule has 420 valence electrons. The zero-order valence-electron chi connectivity index (χ0n) is 46.5. The first-order valence-corrected chi connectivity index (χ1v) is 27.7. The van der Waals surface area contributed by atoms with Crippen molar-refractivity contribution < 1.29 is 46.8 Å². The molecule has 5 atom stereocenters. The number of likely N-dealkylation sites (N-methyl/N-ethyl adjacent to an activating group) is 2. The number of nitrogens with one attached hydrogen (secondary N) is 7. The van der Waals surface area contributed by atoms with Crippen molar-refractivity contribution in [2.75, 3.05) is 39.0 Å². The van der Waals surface area contributed by atoms with Gasteiger partial charge < -0.3 is 42.5 Å². The maximum absolute atomic E-state index is 14.4. The molecule has 1 aliphatic heterocycles. The summed E-state index contributed by atoms with van der Waals surface area (Å²) >= 11 is 0. The molecule has 0 bridgehead atoms. The predicted molar refractivity (Wildman–Crippen MR) is 294 cm³/mol. The van der Waals surface area contributed by atoms with Crippen LogP contribution in [0.1, 0.15) is 119 Å². The number of urea groups is 1. The van der Waals surface area contributed by atoms with Gasteiger partial charge in [0, 0.05) is 68.0 Å². The summed E-state index contributed by atoms with van der Waals surface area (Å²) in [5, 5.41) is 17.8. The second kappa shape index (κ2) is 29.1. The predicted octanol–water partition coefficient (Wildman–Crippen LogP) is 4.13. The van der Waals surface area contributed by atoms with Crippen LogP contribution in [0.3, 0.4) is 0 Å². The summed E-state index contributed by atoms with van der Waals surface area (Å²) in [5.41, 5.74) is 5.89. The topological polar surface area (TPSA) is 287 Å². The first-order valence-electron chi connectivity index (χ1n) is 26.0. The van der Waals surface area contributed by atoms with Crippen LogP contribution in [0.4, 0.5) is 10.5 Å². The molecule has 0 aromatic heterocycles. The number of amides is 9. The van der Waals surface area contributed by atoms with E-state index in [1.54, 1.807) is 44.4 Å². The van der Waals surface area contributed by atoms with Gasteiger partial charge in [-0.25, -0.2) is 17.9 Å². The van der Waals surface area contributed by atoms with Gasteiger partial charge in [-0.1, -0.05) is 117 Å². The van der Waals surface area contributed by atoms with E-state index in [2.05, 4.69) is 36.6 Å².